The molecule has 27 heavy (non-hydrogen) atoms. The number of ether oxygens (including phenoxy) is 1. The van der Waals surface area contributed by atoms with E-state index in [1.54, 1.807) is 36.7 Å². The summed E-state index contributed by atoms with van der Waals surface area (Å²) in [4.78, 5) is 9.14. The Bertz CT molecular complexity index is 882. The third-order valence-electron chi connectivity index (χ3n) is 3.82. The first-order valence-corrected chi connectivity index (χ1v) is 9.71. The summed E-state index contributed by atoms with van der Waals surface area (Å²) in [5.74, 6) is 0.995. The molecule has 0 fully saturated rings. The Morgan fingerprint density at radius 2 is 2.15 bits per heavy atom. The van der Waals surface area contributed by atoms with Crippen LogP contribution in [0.25, 0.3) is 10.1 Å². The molecule has 0 amide bonds. The number of aliphatic hydroxyl groups is 1. The fraction of sp³-hybridized carbons (Fsp3) is 0.263. The lowest BCUT2D eigenvalue weighted by molar-refractivity contribution is 0.184. The largest absolute Gasteiger partial charge is 0.475 e. The predicted octanol–water partition coefficient (Wildman–Crippen LogP) is 3.23. The van der Waals surface area contributed by atoms with E-state index >= 15 is 0 Å². The maximum absolute atomic E-state index is 10.4. The summed E-state index contributed by atoms with van der Waals surface area (Å²) < 4.78 is 6.69. The van der Waals surface area contributed by atoms with Crippen LogP contribution in [0.4, 0.5) is 0 Å². The van der Waals surface area contributed by atoms with Gasteiger partial charge in [0.25, 0.3) is 0 Å². The first kappa shape index (κ1) is 19.4. The van der Waals surface area contributed by atoms with E-state index in [0.29, 0.717) is 36.6 Å². The summed E-state index contributed by atoms with van der Waals surface area (Å²) in [6, 6.07) is 13.6. The lowest BCUT2D eigenvalue weighted by atomic mass is 10.2. The number of nitrogens with one attached hydrogen (secondary N) is 2. The highest BCUT2D eigenvalue weighted by Gasteiger charge is 2.12. The smallest absolute Gasteiger partial charge is 0.232 e. The van der Waals surface area contributed by atoms with Crippen LogP contribution in [0.5, 0.6) is 5.88 Å². The van der Waals surface area contributed by atoms with Gasteiger partial charge in [-0.25, -0.2) is 4.98 Å². The molecule has 0 aliphatic carbocycles. The molecule has 3 aromatic rings. The summed E-state index contributed by atoms with van der Waals surface area (Å²) in [7, 11) is 1.68. The lowest BCUT2D eigenvalue weighted by Gasteiger charge is -2.15. The number of aromatic nitrogens is 1. The fourth-order valence-corrected chi connectivity index (χ4v) is 3.70. The van der Waals surface area contributed by atoms with Crippen LogP contribution >= 0.6 is 22.9 Å². The van der Waals surface area contributed by atoms with Crippen molar-refractivity contribution >= 4 is 39.0 Å². The Labute approximate surface area is 166 Å². The summed E-state index contributed by atoms with van der Waals surface area (Å²) in [5, 5.41) is 18.3. The quantitative estimate of drug-likeness (QED) is 0.320. The van der Waals surface area contributed by atoms with Gasteiger partial charge in [0.2, 0.25) is 5.88 Å². The van der Waals surface area contributed by atoms with Gasteiger partial charge in [-0.3, -0.25) is 4.99 Å². The maximum Gasteiger partial charge on any atom is 0.232 e. The molecule has 3 rings (SSSR count). The number of guanidine groups is 1. The molecular formula is C19H21ClN4O2S. The zero-order valence-electron chi connectivity index (χ0n) is 14.9. The highest BCUT2D eigenvalue weighted by atomic mass is 35.5. The van der Waals surface area contributed by atoms with Crippen LogP contribution in [0.15, 0.2) is 53.7 Å². The zero-order valence-corrected chi connectivity index (χ0v) is 16.4. The fourth-order valence-electron chi connectivity index (χ4n) is 2.48. The molecule has 0 radical (unpaired) electrons. The van der Waals surface area contributed by atoms with Gasteiger partial charge in [0.15, 0.2) is 5.96 Å². The molecule has 6 nitrogen and oxygen atoms in total. The van der Waals surface area contributed by atoms with Crippen molar-refractivity contribution in [1.29, 1.82) is 0 Å². The average Bonchev–Trinajstić information content (AvgIpc) is 3.13. The Morgan fingerprint density at radius 3 is 2.93 bits per heavy atom. The molecule has 8 heteroatoms. The molecule has 1 atom stereocenters. The summed E-state index contributed by atoms with van der Waals surface area (Å²) >= 11 is 7.59. The molecule has 0 saturated carbocycles. The molecule has 2 aromatic heterocycles. The number of hydrogen-bond acceptors (Lipinski definition) is 5. The van der Waals surface area contributed by atoms with E-state index in [9.17, 15) is 5.11 Å². The Kier molecular flexibility index (Phi) is 6.86. The Hall–Kier alpha value is -2.35. The van der Waals surface area contributed by atoms with Gasteiger partial charge < -0.3 is 20.5 Å². The second kappa shape index (κ2) is 9.55. The van der Waals surface area contributed by atoms with Crippen molar-refractivity contribution in [2.75, 3.05) is 26.7 Å². The molecule has 3 N–H and O–H groups in total. The third kappa shape index (κ3) is 5.32. The van der Waals surface area contributed by atoms with Gasteiger partial charge in [-0.15, -0.1) is 11.3 Å². The molecule has 0 aliphatic rings. The normalized spacial score (nSPS) is 12.8. The molecule has 0 saturated heterocycles. The standard InChI is InChI=1S/C19H21ClN4O2S/c1-21-19(23-9-10-26-18-14(20)6-4-8-22-18)24-12-15(25)17-11-13-5-2-3-7-16(13)27-17/h2-8,11,15,25H,9-10,12H2,1H3,(H2,21,23,24). The zero-order chi connectivity index (χ0) is 19.1. The SMILES string of the molecule is CN=C(NCCOc1ncccc1Cl)NCC(O)c1cc2ccccc2s1. The van der Waals surface area contributed by atoms with Gasteiger partial charge in [-0.05, 0) is 29.7 Å². The van der Waals surface area contributed by atoms with Crippen LogP contribution < -0.4 is 15.4 Å². The van der Waals surface area contributed by atoms with Crippen molar-refractivity contribution < 1.29 is 9.84 Å². The molecule has 1 aromatic carbocycles. The highest BCUT2D eigenvalue weighted by molar-refractivity contribution is 7.19. The van der Waals surface area contributed by atoms with Crippen LogP contribution in [0.3, 0.4) is 0 Å². The maximum atomic E-state index is 10.4. The van der Waals surface area contributed by atoms with E-state index in [2.05, 4.69) is 26.7 Å². The number of fused-ring (bicyclic) bond motifs is 1. The van der Waals surface area contributed by atoms with Crippen molar-refractivity contribution in [3.8, 4) is 5.88 Å². The number of rotatable bonds is 7. The van der Waals surface area contributed by atoms with Gasteiger partial charge in [0.05, 0.1) is 6.54 Å². The topological polar surface area (TPSA) is 78.8 Å². The van der Waals surface area contributed by atoms with Gasteiger partial charge in [0, 0.05) is 29.4 Å². The summed E-state index contributed by atoms with van der Waals surface area (Å²) in [6.45, 7) is 1.27. The molecular weight excluding hydrogens is 384 g/mol. The second-order valence-corrected chi connectivity index (χ2v) is 7.24. The first-order valence-electron chi connectivity index (χ1n) is 8.51. The second-order valence-electron chi connectivity index (χ2n) is 5.72. The van der Waals surface area contributed by atoms with Gasteiger partial charge in [-0.2, -0.15) is 0 Å². The van der Waals surface area contributed by atoms with Crippen LogP contribution in [0.1, 0.15) is 11.0 Å². The van der Waals surface area contributed by atoms with E-state index in [1.807, 2.05) is 24.3 Å². The first-order chi connectivity index (χ1) is 13.2. The minimum absolute atomic E-state index is 0.361. The molecule has 1 unspecified atom stereocenters. The lowest BCUT2D eigenvalue weighted by Crippen LogP contribution is -2.41. The number of aliphatic hydroxyl groups excluding tert-OH is 1. The van der Waals surface area contributed by atoms with E-state index in [0.717, 1.165) is 10.3 Å². The molecule has 0 spiro atoms. The van der Waals surface area contributed by atoms with Gasteiger partial charge >= 0.3 is 0 Å². The molecule has 0 bridgehead atoms. The van der Waals surface area contributed by atoms with Crippen molar-refractivity contribution in [3.05, 3.63) is 58.6 Å². The number of thiophene rings is 1. The Morgan fingerprint density at radius 1 is 1.30 bits per heavy atom. The van der Waals surface area contributed by atoms with Crippen molar-refractivity contribution in [3.63, 3.8) is 0 Å². The number of benzene rings is 1. The van der Waals surface area contributed by atoms with E-state index < -0.39 is 6.10 Å². The highest BCUT2D eigenvalue weighted by Crippen LogP contribution is 2.29. The number of hydrogen-bond donors (Lipinski definition) is 3. The Balaban J connectivity index is 1.44. The molecule has 142 valence electrons. The molecule has 0 aliphatic heterocycles. The van der Waals surface area contributed by atoms with Gasteiger partial charge in [0.1, 0.15) is 17.7 Å². The van der Waals surface area contributed by atoms with Crippen LogP contribution in [-0.4, -0.2) is 42.8 Å². The van der Waals surface area contributed by atoms with Crippen molar-refractivity contribution in [2.24, 2.45) is 4.99 Å². The van der Waals surface area contributed by atoms with E-state index in [-0.39, 0.29) is 0 Å². The number of nitrogens with zero attached hydrogens (tertiary/aromatic N) is 2. The van der Waals surface area contributed by atoms with Gasteiger partial charge in [-0.1, -0.05) is 29.8 Å². The minimum atomic E-state index is -0.607. The van der Waals surface area contributed by atoms with E-state index in [4.69, 9.17) is 16.3 Å². The third-order valence-corrected chi connectivity index (χ3v) is 5.32. The molecule has 2 heterocycles. The van der Waals surface area contributed by atoms with Crippen LogP contribution in [0.2, 0.25) is 5.02 Å². The van der Waals surface area contributed by atoms with Crippen molar-refractivity contribution in [1.82, 2.24) is 15.6 Å². The van der Waals surface area contributed by atoms with E-state index in [1.165, 1.54) is 4.70 Å². The van der Waals surface area contributed by atoms with Crippen LogP contribution in [-0.2, 0) is 0 Å². The van der Waals surface area contributed by atoms with Crippen LogP contribution in [0, 0.1) is 0 Å². The summed E-state index contributed by atoms with van der Waals surface area (Å²) in [6.07, 6.45) is 1.02. The predicted molar refractivity (Wildman–Crippen MR) is 111 cm³/mol. The summed E-state index contributed by atoms with van der Waals surface area (Å²) in [5.41, 5.74) is 0. The number of aliphatic imine (C=N–C) groups is 1. The monoisotopic (exact) mass is 404 g/mol. The average molecular weight is 405 g/mol. The minimum Gasteiger partial charge on any atom is -0.475 e. The number of halogens is 1. The van der Waals surface area contributed by atoms with Crippen molar-refractivity contribution in [2.45, 2.75) is 6.10 Å². The number of pyridine rings is 1.